The molecule has 0 aliphatic carbocycles. The number of amides is 3. The van der Waals surface area contributed by atoms with Crippen molar-refractivity contribution in [3.63, 3.8) is 0 Å². The Labute approximate surface area is 246 Å². The molecule has 0 aromatic rings. The highest BCUT2D eigenvalue weighted by atomic mass is 16.6. The molecule has 1 heterocycles. The molecule has 13 nitrogen and oxygen atoms in total. The van der Waals surface area contributed by atoms with Gasteiger partial charge in [0, 0.05) is 77.2 Å². The van der Waals surface area contributed by atoms with Gasteiger partial charge in [-0.1, -0.05) is 13.3 Å². The largest absolute Gasteiger partial charge is 0.463 e. The Morgan fingerprint density at radius 1 is 0.833 bits per heavy atom. The van der Waals surface area contributed by atoms with Crippen molar-refractivity contribution in [3.05, 3.63) is 12.2 Å². The van der Waals surface area contributed by atoms with Gasteiger partial charge in [-0.25, -0.2) is 0 Å². The molecule has 1 aliphatic rings. The van der Waals surface area contributed by atoms with Gasteiger partial charge < -0.3 is 29.7 Å². The summed E-state index contributed by atoms with van der Waals surface area (Å²) < 4.78 is 16.3. The van der Waals surface area contributed by atoms with Gasteiger partial charge in [-0.3, -0.25) is 33.7 Å². The van der Waals surface area contributed by atoms with E-state index in [0.717, 1.165) is 4.90 Å². The van der Waals surface area contributed by atoms with E-state index in [9.17, 15) is 28.8 Å². The van der Waals surface area contributed by atoms with Crippen LogP contribution in [0.1, 0.15) is 77.6 Å². The maximum absolute atomic E-state index is 12.1. The van der Waals surface area contributed by atoms with Crippen molar-refractivity contribution in [2.75, 3.05) is 46.1 Å². The smallest absolute Gasteiger partial charge is 0.306 e. The summed E-state index contributed by atoms with van der Waals surface area (Å²) in [5.74, 6) is -2.09. The molecule has 0 saturated heterocycles. The highest BCUT2D eigenvalue weighted by Gasteiger charge is 2.23. The zero-order chi connectivity index (χ0) is 31.2. The van der Waals surface area contributed by atoms with E-state index in [1.54, 1.807) is 0 Å². The number of ether oxygens (including phenoxy) is 3. The van der Waals surface area contributed by atoms with Gasteiger partial charge >= 0.3 is 11.9 Å². The van der Waals surface area contributed by atoms with Gasteiger partial charge in [0.05, 0.1) is 0 Å². The number of hydrogen-bond acceptors (Lipinski definition) is 11. The molecule has 1 rings (SSSR count). The fraction of sp³-hybridized carbons (Fsp3) is 0.724. The van der Waals surface area contributed by atoms with Crippen LogP contribution in [0.4, 0.5) is 0 Å². The van der Waals surface area contributed by atoms with E-state index in [1.807, 2.05) is 6.92 Å². The summed E-state index contributed by atoms with van der Waals surface area (Å²) in [7, 11) is 0. The Kier molecular flexibility index (Phi) is 19.7. The molecule has 2 atom stereocenters. The molecular weight excluding hydrogens is 552 g/mol. The lowest BCUT2D eigenvalue weighted by atomic mass is 10.1. The number of aliphatic hydroxyl groups excluding tert-OH is 2. The summed E-state index contributed by atoms with van der Waals surface area (Å²) >= 11 is 0. The van der Waals surface area contributed by atoms with Crippen molar-refractivity contribution in [1.82, 2.24) is 10.2 Å². The Bertz CT molecular complexity index is 888. The summed E-state index contributed by atoms with van der Waals surface area (Å²) in [4.78, 5) is 72.2. The van der Waals surface area contributed by atoms with Crippen molar-refractivity contribution >= 4 is 35.4 Å². The summed E-state index contributed by atoms with van der Waals surface area (Å²) in [5, 5.41) is 20.5. The van der Waals surface area contributed by atoms with E-state index < -0.39 is 29.9 Å². The summed E-state index contributed by atoms with van der Waals surface area (Å²) in [5.41, 5.74) is 0. The molecule has 0 fully saturated rings. The normalized spacial score (nSPS) is 14.1. The van der Waals surface area contributed by atoms with E-state index in [4.69, 9.17) is 24.4 Å². The van der Waals surface area contributed by atoms with Gasteiger partial charge in [0.1, 0.15) is 25.1 Å². The number of Topliss-reactive ketones (excluding diaryl/α,β-unsaturated/α-hetero) is 1. The first-order valence-corrected chi connectivity index (χ1v) is 14.6. The van der Waals surface area contributed by atoms with Crippen LogP contribution in [0.2, 0.25) is 0 Å². The number of imide groups is 1. The molecule has 3 amide bonds. The van der Waals surface area contributed by atoms with Crippen LogP contribution in [-0.4, -0.2) is 103 Å². The highest BCUT2D eigenvalue weighted by Crippen LogP contribution is 2.10. The number of hydrogen-bond donors (Lipinski definition) is 3. The minimum atomic E-state index is -0.709. The molecule has 0 radical (unpaired) electrons. The zero-order valence-electron chi connectivity index (χ0n) is 24.6. The van der Waals surface area contributed by atoms with Crippen molar-refractivity contribution in [3.8, 4) is 0 Å². The highest BCUT2D eigenvalue weighted by molar-refractivity contribution is 6.13. The fourth-order valence-corrected chi connectivity index (χ4v) is 3.91. The summed E-state index contributed by atoms with van der Waals surface area (Å²) in [6.07, 6.45) is 5.59. The molecule has 42 heavy (non-hydrogen) atoms. The lowest BCUT2D eigenvalue weighted by Crippen LogP contribution is -2.32. The van der Waals surface area contributed by atoms with Crippen LogP contribution >= 0.6 is 0 Å². The second-order valence-corrected chi connectivity index (χ2v) is 10.2. The van der Waals surface area contributed by atoms with Crippen LogP contribution in [0, 0.1) is 5.92 Å². The van der Waals surface area contributed by atoms with Gasteiger partial charge in [-0.15, -0.1) is 0 Å². The zero-order valence-corrected chi connectivity index (χ0v) is 24.6. The topological polar surface area (TPSA) is 186 Å². The first kappa shape index (κ1) is 36.9. The summed E-state index contributed by atoms with van der Waals surface area (Å²) in [6.45, 7) is 2.13. The minimum Gasteiger partial charge on any atom is -0.463 e. The first-order valence-electron chi connectivity index (χ1n) is 14.6. The van der Waals surface area contributed by atoms with Crippen molar-refractivity contribution < 1.29 is 53.2 Å². The van der Waals surface area contributed by atoms with Crippen molar-refractivity contribution in [2.45, 2.75) is 83.7 Å². The van der Waals surface area contributed by atoms with Crippen LogP contribution in [0.3, 0.4) is 0 Å². The molecule has 0 spiro atoms. The predicted molar refractivity (Wildman–Crippen MR) is 150 cm³/mol. The minimum absolute atomic E-state index is 0.0244. The maximum atomic E-state index is 12.1. The summed E-state index contributed by atoms with van der Waals surface area (Å²) in [6, 6.07) is 0. The van der Waals surface area contributed by atoms with Gasteiger partial charge in [-0.05, 0) is 38.0 Å². The lowest BCUT2D eigenvalue weighted by molar-refractivity contribution is -0.156. The van der Waals surface area contributed by atoms with Gasteiger partial charge in [0.25, 0.3) is 11.8 Å². The SMILES string of the molecule is CC(CCO)CC(=O)OCC(COC(=O)CCCCCO)OCCCC(=O)NCCCC(=O)CCN1C(=O)C=CC1=O. The van der Waals surface area contributed by atoms with Gasteiger partial charge in [0.2, 0.25) is 5.91 Å². The van der Waals surface area contributed by atoms with Gasteiger partial charge in [0.15, 0.2) is 0 Å². The number of nitrogens with one attached hydrogen (secondary N) is 1. The molecule has 0 aromatic heterocycles. The van der Waals surface area contributed by atoms with E-state index in [0.29, 0.717) is 45.1 Å². The number of nitrogens with zero attached hydrogens (tertiary/aromatic N) is 1. The molecule has 13 heteroatoms. The number of esters is 2. The van der Waals surface area contributed by atoms with Crippen LogP contribution in [0.25, 0.3) is 0 Å². The van der Waals surface area contributed by atoms with E-state index >= 15 is 0 Å². The van der Waals surface area contributed by atoms with Crippen molar-refractivity contribution in [1.29, 1.82) is 0 Å². The Hall–Kier alpha value is -3.16. The van der Waals surface area contributed by atoms with E-state index in [2.05, 4.69) is 5.32 Å². The number of carbonyl (C=O) groups is 6. The number of unbranched alkanes of at least 4 members (excludes halogenated alkanes) is 2. The third-order valence-electron chi connectivity index (χ3n) is 6.41. The number of aliphatic hydroxyl groups is 2. The first-order chi connectivity index (χ1) is 20.2. The number of rotatable bonds is 25. The average molecular weight is 599 g/mol. The molecule has 0 aromatic carbocycles. The second-order valence-electron chi connectivity index (χ2n) is 10.2. The van der Waals surface area contributed by atoms with Crippen LogP contribution in [0.15, 0.2) is 12.2 Å². The molecule has 0 saturated carbocycles. The monoisotopic (exact) mass is 598 g/mol. The van der Waals surface area contributed by atoms with Crippen LogP contribution < -0.4 is 5.32 Å². The Morgan fingerprint density at radius 2 is 1.52 bits per heavy atom. The number of ketones is 1. The molecule has 1 aliphatic heterocycles. The standard InChI is InChI=1S/C29H46N2O11/c1-22(13-17-33)19-29(39)42-21-24(20-41-28(38)9-3-2-4-16-32)40-18-6-8-25(35)30-14-5-7-23(34)12-15-31-26(36)10-11-27(31)37/h10-11,22,24,32-33H,2-9,12-21H2,1H3,(H,30,35). The average Bonchev–Trinajstić information content (AvgIpc) is 3.27. The Balaban J connectivity index is 2.29. The van der Waals surface area contributed by atoms with Crippen molar-refractivity contribution in [2.24, 2.45) is 5.92 Å². The molecule has 0 bridgehead atoms. The molecule has 2 unspecified atom stereocenters. The van der Waals surface area contributed by atoms with E-state index in [1.165, 1.54) is 12.2 Å². The van der Waals surface area contributed by atoms with Crippen LogP contribution in [-0.2, 0) is 43.0 Å². The Morgan fingerprint density at radius 3 is 2.19 bits per heavy atom. The predicted octanol–water partition coefficient (Wildman–Crippen LogP) is 0.980. The fourth-order valence-electron chi connectivity index (χ4n) is 3.91. The number of carbonyl (C=O) groups excluding carboxylic acids is 6. The van der Waals surface area contributed by atoms with Gasteiger partial charge in [-0.2, -0.15) is 0 Å². The quantitative estimate of drug-likeness (QED) is 0.0773. The maximum Gasteiger partial charge on any atom is 0.306 e. The molecule has 238 valence electrons. The molecule has 3 N–H and O–H groups in total. The third-order valence-corrected chi connectivity index (χ3v) is 6.41. The third kappa shape index (κ3) is 17.6. The molecular formula is C29H46N2O11. The van der Waals surface area contributed by atoms with Crippen LogP contribution in [0.5, 0.6) is 0 Å². The van der Waals surface area contributed by atoms with E-state index in [-0.39, 0.29) is 89.3 Å². The lowest BCUT2D eigenvalue weighted by Gasteiger charge is -2.19. The second kappa shape index (κ2) is 22.4.